The molecular weight excluding hydrogens is 312 g/mol. The molecule has 0 aliphatic rings. The largest absolute Gasteiger partial charge is 0.379 e. The Morgan fingerprint density at radius 3 is 2.12 bits per heavy atom. The summed E-state index contributed by atoms with van der Waals surface area (Å²) in [6.07, 6.45) is 2.18. The second-order valence-electron chi connectivity index (χ2n) is 6.15. The first-order chi connectivity index (χ1) is 11.3. The van der Waals surface area contributed by atoms with Gasteiger partial charge in [0.2, 0.25) is 11.8 Å². The Morgan fingerprint density at radius 1 is 0.833 bits per heavy atom. The van der Waals surface area contributed by atoms with Gasteiger partial charge in [-0.25, -0.2) is 0 Å². The van der Waals surface area contributed by atoms with E-state index in [1.807, 2.05) is 27.7 Å². The summed E-state index contributed by atoms with van der Waals surface area (Å²) < 4.78 is 10.5. The molecule has 0 atom stereocenters. The van der Waals surface area contributed by atoms with Crippen LogP contribution in [0.4, 0.5) is 0 Å². The van der Waals surface area contributed by atoms with Crippen molar-refractivity contribution in [3.8, 4) is 0 Å². The van der Waals surface area contributed by atoms with Crippen molar-refractivity contribution in [3.05, 3.63) is 0 Å². The molecule has 7 nitrogen and oxygen atoms in total. The van der Waals surface area contributed by atoms with E-state index >= 15 is 0 Å². The molecule has 0 aromatic carbocycles. The first-order valence-corrected chi connectivity index (χ1v) is 8.59. The molecule has 0 saturated carbocycles. The molecule has 0 spiro atoms. The van der Waals surface area contributed by atoms with Crippen molar-refractivity contribution in [1.82, 2.24) is 10.6 Å². The fourth-order valence-corrected chi connectivity index (χ4v) is 1.69. The molecule has 0 rings (SSSR count). The molecule has 0 aliphatic carbocycles. The lowest BCUT2D eigenvalue weighted by molar-refractivity contribution is -0.129. The third-order valence-electron chi connectivity index (χ3n) is 3.01. The Labute approximate surface area is 144 Å². The highest BCUT2D eigenvalue weighted by atomic mass is 16.5. The summed E-state index contributed by atoms with van der Waals surface area (Å²) in [5.41, 5.74) is 0. The van der Waals surface area contributed by atoms with Gasteiger partial charge in [0, 0.05) is 26.0 Å². The van der Waals surface area contributed by atoms with Crippen LogP contribution in [0.25, 0.3) is 0 Å². The summed E-state index contributed by atoms with van der Waals surface area (Å²) >= 11 is 0. The molecule has 0 radical (unpaired) electrons. The standard InChI is InChI=1S/C17H32N2O5/c1-13(2)23-10-6-5-9-18-16(21)8-7-15(20)11-19-17(22)12-24-14(3)4/h13-14H,5-12H2,1-4H3,(H,18,21)(H,19,22). The summed E-state index contributed by atoms with van der Waals surface area (Å²) in [5, 5.41) is 5.25. The summed E-state index contributed by atoms with van der Waals surface area (Å²) in [6, 6.07) is 0. The van der Waals surface area contributed by atoms with E-state index in [1.165, 1.54) is 0 Å². The summed E-state index contributed by atoms with van der Waals surface area (Å²) in [6.45, 7) is 8.76. The number of hydrogen-bond acceptors (Lipinski definition) is 5. The number of hydrogen-bond donors (Lipinski definition) is 2. The molecule has 0 saturated heterocycles. The minimum Gasteiger partial charge on any atom is -0.379 e. The molecule has 0 aliphatic heterocycles. The van der Waals surface area contributed by atoms with Gasteiger partial charge in [-0.3, -0.25) is 14.4 Å². The quantitative estimate of drug-likeness (QED) is 0.462. The molecule has 0 aromatic heterocycles. The average molecular weight is 344 g/mol. The summed E-state index contributed by atoms with van der Waals surface area (Å²) in [4.78, 5) is 34.6. The van der Waals surface area contributed by atoms with Crippen LogP contribution >= 0.6 is 0 Å². The zero-order valence-electron chi connectivity index (χ0n) is 15.4. The zero-order chi connectivity index (χ0) is 18.4. The lowest BCUT2D eigenvalue weighted by Crippen LogP contribution is -2.33. The van der Waals surface area contributed by atoms with E-state index in [0.29, 0.717) is 13.2 Å². The number of carbonyl (C=O) groups is 3. The lowest BCUT2D eigenvalue weighted by atomic mass is 10.2. The zero-order valence-corrected chi connectivity index (χ0v) is 15.4. The van der Waals surface area contributed by atoms with Crippen LogP contribution in [0.15, 0.2) is 0 Å². The van der Waals surface area contributed by atoms with Crippen LogP contribution in [0.3, 0.4) is 0 Å². The molecule has 2 amide bonds. The van der Waals surface area contributed by atoms with Crippen LogP contribution < -0.4 is 10.6 Å². The van der Waals surface area contributed by atoms with Gasteiger partial charge in [-0.15, -0.1) is 0 Å². The maximum atomic E-state index is 11.6. The van der Waals surface area contributed by atoms with Gasteiger partial charge in [-0.2, -0.15) is 0 Å². The van der Waals surface area contributed by atoms with Crippen LogP contribution in [0, 0.1) is 0 Å². The van der Waals surface area contributed by atoms with Crippen LogP contribution in [0.1, 0.15) is 53.4 Å². The van der Waals surface area contributed by atoms with Gasteiger partial charge < -0.3 is 20.1 Å². The number of rotatable bonds is 14. The highest BCUT2D eigenvalue weighted by Crippen LogP contribution is 1.95. The van der Waals surface area contributed by atoms with Crippen LogP contribution in [0.2, 0.25) is 0 Å². The predicted molar refractivity (Wildman–Crippen MR) is 91.7 cm³/mol. The van der Waals surface area contributed by atoms with Crippen molar-refractivity contribution in [2.75, 3.05) is 26.3 Å². The second-order valence-corrected chi connectivity index (χ2v) is 6.15. The van der Waals surface area contributed by atoms with Gasteiger partial charge in [0.1, 0.15) is 6.61 Å². The number of unbranched alkanes of at least 4 members (excludes halogenated alkanes) is 1. The van der Waals surface area contributed by atoms with E-state index < -0.39 is 0 Å². The smallest absolute Gasteiger partial charge is 0.246 e. The first kappa shape index (κ1) is 22.5. The Balaban J connectivity index is 3.57. The number of amides is 2. The molecule has 140 valence electrons. The second kappa shape index (κ2) is 13.9. The molecule has 0 unspecified atom stereocenters. The minimum atomic E-state index is -0.329. The third-order valence-corrected chi connectivity index (χ3v) is 3.01. The highest BCUT2D eigenvalue weighted by molar-refractivity contribution is 5.89. The summed E-state index contributed by atoms with van der Waals surface area (Å²) in [5.74, 6) is -0.652. The van der Waals surface area contributed by atoms with Gasteiger partial charge in [-0.1, -0.05) is 0 Å². The highest BCUT2D eigenvalue weighted by Gasteiger charge is 2.09. The van der Waals surface area contributed by atoms with Crippen molar-refractivity contribution in [1.29, 1.82) is 0 Å². The minimum absolute atomic E-state index is 0.0351. The molecule has 2 N–H and O–H groups in total. The number of Topliss-reactive ketones (excluding diaryl/α,β-unsaturated/α-hetero) is 1. The van der Waals surface area contributed by atoms with Crippen LogP contribution in [0.5, 0.6) is 0 Å². The van der Waals surface area contributed by atoms with Crippen molar-refractivity contribution >= 4 is 17.6 Å². The van der Waals surface area contributed by atoms with E-state index in [2.05, 4.69) is 10.6 Å². The first-order valence-electron chi connectivity index (χ1n) is 8.59. The number of nitrogens with one attached hydrogen (secondary N) is 2. The Hall–Kier alpha value is -1.47. The van der Waals surface area contributed by atoms with Crippen molar-refractivity contribution in [2.24, 2.45) is 0 Å². The predicted octanol–water partition coefficient (Wildman–Crippen LogP) is 1.20. The maximum absolute atomic E-state index is 11.6. The fourth-order valence-electron chi connectivity index (χ4n) is 1.69. The Morgan fingerprint density at radius 2 is 1.50 bits per heavy atom. The van der Waals surface area contributed by atoms with Crippen molar-refractivity contribution in [3.63, 3.8) is 0 Å². The topological polar surface area (TPSA) is 93.7 Å². The lowest BCUT2D eigenvalue weighted by Gasteiger charge is -2.09. The van der Waals surface area contributed by atoms with Gasteiger partial charge in [0.25, 0.3) is 0 Å². The normalized spacial score (nSPS) is 10.9. The number of carbonyl (C=O) groups excluding carboxylic acids is 3. The average Bonchev–Trinajstić information content (AvgIpc) is 2.51. The van der Waals surface area contributed by atoms with Crippen LogP contribution in [-0.4, -0.2) is 56.1 Å². The van der Waals surface area contributed by atoms with Crippen molar-refractivity contribution < 1.29 is 23.9 Å². The number of ether oxygens (including phenoxy) is 2. The molecule has 0 aromatic rings. The van der Waals surface area contributed by atoms with E-state index in [9.17, 15) is 14.4 Å². The Kier molecular flexibility index (Phi) is 13.1. The molecule has 0 bridgehead atoms. The fraction of sp³-hybridized carbons (Fsp3) is 0.824. The Bertz CT molecular complexity index is 383. The van der Waals surface area contributed by atoms with E-state index in [-0.39, 0.29) is 55.8 Å². The molecule has 24 heavy (non-hydrogen) atoms. The van der Waals surface area contributed by atoms with Gasteiger partial charge >= 0.3 is 0 Å². The summed E-state index contributed by atoms with van der Waals surface area (Å²) in [7, 11) is 0. The van der Waals surface area contributed by atoms with Crippen molar-refractivity contribution in [2.45, 2.75) is 65.6 Å². The van der Waals surface area contributed by atoms with Gasteiger partial charge in [0.15, 0.2) is 5.78 Å². The molecule has 0 fully saturated rings. The monoisotopic (exact) mass is 344 g/mol. The van der Waals surface area contributed by atoms with Gasteiger partial charge in [-0.05, 0) is 40.5 Å². The van der Waals surface area contributed by atoms with Crippen LogP contribution in [-0.2, 0) is 23.9 Å². The molecule has 7 heteroatoms. The SMILES string of the molecule is CC(C)OCCCCNC(=O)CCC(=O)CNC(=O)COC(C)C. The number of ketones is 1. The molecule has 0 heterocycles. The van der Waals surface area contributed by atoms with E-state index in [1.54, 1.807) is 0 Å². The van der Waals surface area contributed by atoms with Gasteiger partial charge in [0.05, 0.1) is 18.8 Å². The van der Waals surface area contributed by atoms with E-state index in [0.717, 1.165) is 12.8 Å². The molecular formula is C17H32N2O5. The third kappa shape index (κ3) is 15.4. The van der Waals surface area contributed by atoms with E-state index in [4.69, 9.17) is 9.47 Å². The maximum Gasteiger partial charge on any atom is 0.246 e.